The second kappa shape index (κ2) is 6.94. The molecule has 1 amide bonds. The highest BCUT2D eigenvalue weighted by Gasteiger charge is 2.32. The summed E-state index contributed by atoms with van der Waals surface area (Å²) in [7, 11) is 0. The van der Waals surface area contributed by atoms with Crippen LogP contribution in [0.15, 0.2) is 34.0 Å². The van der Waals surface area contributed by atoms with Crippen molar-refractivity contribution >= 4 is 57.2 Å². The number of pyridine rings is 1. The van der Waals surface area contributed by atoms with E-state index in [0.717, 1.165) is 29.1 Å². The van der Waals surface area contributed by atoms with E-state index in [0.29, 0.717) is 27.8 Å². The Labute approximate surface area is 164 Å². The van der Waals surface area contributed by atoms with Gasteiger partial charge >= 0.3 is 5.97 Å². The number of carboxylic acid groups (broad SMARTS) is 1. The van der Waals surface area contributed by atoms with E-state index in [2.05, 4.69) is 0 Å². The molecule has 27 heavy (non-hydrogen) atoms. The molecule has 3 heterocycles. The summed E-state index contributed by atoms with van der Waals surface area (Å²) < 4.78 is 2.16. The third-order valence-electron chi connectivity index (χ3n) is 4.76. The van der Waals surface area contributed by atoms with E-state index >= 15 is 0 Å². The van der Waals surface area contributed by atoms with E-state index in [9.17, 15) is 14.4 Å². The van der Waals surface area contributed by atoms with Crippen molar-refractivity contribution in [2.24, 2.45) is 0 Å². The zero-order valence-electron chi connectivity index (χ0n) is 14.3. The summed E-state index contributed by atoms with van der Waals surface area (Å²) in [6.45, 7) is 0.909. The van der Waals surface area contributed by atoms with Gasteiger partial charge in [-0.3, -0.25) is 19.3 Å². The SMILES string of the molecule is O=C(O)CCCN1C(=O)/C(=C/c2cc3cccc4c3n(c2=O)CC4)SC1=S. The smallest absolute Gasteiger partial charge is 0.303 e. The first-order valence-electron chi connectivity index (χ1n) is 8.58. The maximum absolute atomic E-state index is 12.8. The van der Waals surface area contributed by atoms with Gasteiger partial charge in [0, 0.05) is 25.1 Å². The van der Waals surface area contributed by atoms with Gasteiger partial charge in [0.25, 0.3) is 11.5 Å². The highest BCUT2D eigenvalue weighted by molar-refractivity contribution is 8.26. The molecule has 2 aliphatic heterocycles. The van der Waals surface area contributed by atoms with E-state index < -0.39 is 5.97 Å². The van der Waals surface area contributed by atoms with Crippen molar-refractivity contribution in [1.82, 2.24) is 9.47 Å². The molecule has 1 N–H and O–H groups in total. The largest absolute Gasteiger partial charge is 0.481 e. The summed E-state index contributed by atoms with van der Waals surface area (Å²) in [5.74, 6) is -1.18. The van der Waals surface area contributed by atoms with E-state index in [-0.39, 0.29) is 24.4 Å². The number of para-hydroxylation sites is 1. The molecule has 2 aliphatic rings. The van der Waals surface area contributed by atoms with Crippen LogP contribution in [0.4, 0.5) is 0 Å². The molecule has 138 valence electrons. The van der Waals surface area contributed by atoms with Gasteiger partial charge in [0.15, 0.2) is 0 Å². The van der Waals surface area contributed by atoms with Crippen LogP contribution in [0.2, 0.25) is 0 Å². The minimum absolute atomic E-state index is 0.0200. The third kappa shape index (κ3) is 3.19. The number of benzene rings is 1. The van der Waals surface area contributed by atoms with E-state index in [1.165, 1.54) is 10.5 Å². The molecular formula is C19H16N2O4S2. The molecule has 4 rings (SSSR count). The maximum Gasteiger partial charge on any atom is 0.303 e. The molecule has 1 fully saturated rings. The number of rotatable bonds is 5. The lowest BCUT2D eigenvalue weighted by Crippen LogP contribution is -2.29. The van der Waals surface area contributed by atoms with Crippen LogP contribution in [0.3, 0.4) is 0 Å². The van der Waals surface area contributed by atoms with Gasteiger partial charge in [-0.1, -0.05) is 42.2 Å². The lowest BCUT2D eigenvalue weighted by molar-refractivity contribution is -0.137. The van der Waals surface area contributed by atoms with Crippen LogP contribution in [0, 0.1) is 0 Å². The van der Waals surface area contributed by atoms with Gasteiger partial charge < -0.3 is 9.67 Å². The minimum Gasteiger partial charge on any atom is -0.481 e. The number of hydrogen-bond donors (Lipinski definition) is 1. The van der Waals surface area contributed by atoms with Crippen molar-refractivity contribution in [2.75, 3.05) is 6.54 Å². The number of aryl methyl sites for hydroxylation is 2. The number of amides is 1. The Kier molecular flexibility index (Phi) is 4.61. The molecule has 1 aromatic carbocycles. The topological polar surface area (TPSA) is 79.6 Å². The normalized spacial score (nSPS) is 17.5. The summed E-state index contributed by atoms with van der Waals surface area (Å²) in [5, 5.41) is 9.73. The molecule has 1 saturated heterocycles. The molecule has 6 nitrogen and oxygen atoms in total. The van der Waals surface area contributed by atoms with Gasteiger partial charge in [-0.05, 0) is 35.9 Å². The number of hydrogen-bond acceptors (Lipinski definition) is 5. The number of nitrogens with zero attached hydrogens (tertiary/aromatic N) is 2. The number of aliphatic carboxylic acids is 1. The quantitative estimate of drug-likeness (QED) is 0.614. The fraction of sp³-hybridized carbons (Fsp3) is 0.263. The lowest BCUT2D eigenvalue weighted by atomic mass is 10.1. The van der Waals surface area contributed by atoms with Gasteiger partial charge in [-0.15, -0.1) is 0 Å². The predicted octanol–water partition coefficient (Wildman–Crippen LogP) is 2.62. The second-order valence-corrected chi connectivity index (χ2v) is 8.17. The predicted molar refractivity (Wildman–Crippen MR) is 109 cm³/mol. The molecule has 0 atom stereocenters. The molecule has 0 unspecified atom stereocenters. The Hall–Kier alpha value is -2.45. The highest BCUT2D eigenvalue weighted by atomic mass is 32.2. The molecule has 1 aromatic heterocycles. The Bertz CT molecular complexity index is 1090. The summed E-state index contributed by atoms with van der Waals surface area (Å²) in [4.78, 5) is 37.9. The van der Waals surface area contributed by atoms with E-state index in [1.807, 2.05) is 24.3 Å². The average molecular weight is 400 g/mol. The van der Waals surface area contributed by atoms with Crippen molar-refractivity contribution in [1.29, 1.82) is 0 Å². The number of thiocarbonyl (C=S) groups is 1. The van der Waals surface area contributed by atoms with Gasteiger partial charge in [-0.25, -0.2) is 0 Å². The zero-order valence-corrected chi connectivity index (χ0v) is 15.9. The van der Waals surface area contributed by atoms with Crippen molar-refractivity contribution in [3.63, 3.8) is 0 Å². The molecule has 0 bridgehead atoms. The number of carbonyl (C=O) groups is 2. The number of carboxylic acids is 1. The summed E-state index contributed by atoms with van der Waals surface area (Å²) in [5.41, 5.74) is 2.50. The van der Waals surface area contributed by atoms with Crippen LogP contribution in [-0.4, -0.2) is 37.3 Å². The highest BCUT2D eigenvalue weighted by Crippen LogP contribution is 2.33. The zero-order chi connectivity index (χ0) is 19.1. The summed E-state index contributed by atoms with van der Waals surface area (Å²) in [6.07, 6.45) is 2.75. The van der Waals surface area contributed by atoms with Crippen LogP contribution < -0.4 is 5.56 Å². The summed E-state index contributed by atoms with van der Waals surface area (Å²) >= 11 is 6.40. The van der Waals surface area contributed by atoms with Crippen molar-refractivity contribution < 1.29 is 14.7 Å². The molecule has 0 aliphatic carbocycles. The molecule has 0 radical (unpaired) electrons. The number of thioether (sulfide) groups is 1. The average Bonchev–Trinajstić information content (AvgIpc) is 3.17. The van der Waals surface area contributed by atoms with Crippen molar-refractivity contribution in [3.05, 3.63) is 50.7 Å². The first kappa shape index (κ1) is 17.9. The fourth-order valence-corrected chi connectivity index (χ4v) is 4.82. The number of carbonyl (C=O) groups excluding carboxylic acids is 1. The Balaban J connectivity index is 1.66. The Morgan fingerprint density at radius 3 is 2.93 bits per heavy atom. The van der Waals surface area contributed by atoms with Gasteiger partial charge in [-0.2, -0.15) is 0 Å². The molecule has 8 heteroatoms. The Morgan fingerprint density at radius 1 is 1.33 bits per heavy atom. The lowest BCUT2D eigenvalue weighted by Gasteiger charge is -2.13. The van der Waals surface area contributed by atoms with E-state index in [1.54, 1.807) is 10.6 Å². The fourth-order valence-electron chi connectivity index (χ4n) is 3.52. The third-order valence-corrected chi connectivity index (χ3v) is 6.14. The van der Waals surface area contributed by atoms with Crippen LogP contribution in [0.5, 0.6) is 0 Å². The van der Waals surface area contributed by atoms with Gasteiger partial charge in [0.1, 0.15) is 4.32 Å². The van der Waals surface area contributed by atoms with Crippen LogP contribution >= 0.6 is 24.0 Å². The van der Waals surface area contributed by atoms with Crippen LogP contribution in [0.25, 0.3) is 17.0 Å². The minimum atomic E-state index is -0.905. The molecule has 0 spiro atoms. The van der Waals surface area contributed by atoms with Gasteiger partial charge in [0.2, 0.25) is 0 Å². The summed E-state index contributed by atoms with van der Waals surface area (Å²) in [6, 6.07) is 7.80. The van der Waals surface area contributed by atoms with Gasteiger partial charge in [0.05, 0.1) is 10.4 Å². The maximum atomic E-state index is 12.8. The van der Waals surface area contributed by atoms with Crippen LogP contribution in [0.1, 0.15) is 24.0 Å². The number of aromatic nitrogens is 1. The van der Waals surface area contributed by atoms with Crippen molar-refractivity contribution in [3.8, 4) is 0 Å². The monoisotopic (exact) mass is 400 g/mol. The first-order valence-corrected chi connectivity index (χ1v) is 9.81. The molecule has 0 saturated carbocycles. The standard InChI is InChI=1S/C19H16N2O4S2/c22-15(23)5-2-7-21-18(25)14(27-19(21)26)10-13-9-12-4-1-3-11-6-8-20(16(11)12)17(13)24/h1,3-4,9-10H,2,5-8H2,(H,22,23)/b14-10-. The van der Waals surface area contributed by atoms with Crippen LogP contribution in [-0.2, 0) is 22.6 Å². The molecule has 2 aromatic rings. The van der Waals surface area contributed by atoms with Crippen molar-refractivity contribution in [2.45, 2.75) is 25.8 Å². The second-order valence-electron chi connectivity index (χ2n) is 6.49. The Morgan fingerprint density at radius 2 is 2.15 bits per heavy atom. The van der Waals surface area contributed by atoms with E-state index in [4.69, 9.17) is 17.3 Å². The first-order chi connectivity index (χ1) is 13.0. The molecular weight excluding hydrogens is 384 g/mol.